The molecule has 0 bridgehead atoms. The van der Waals surface area contributed by atoms with Gasteiger partial charge >= 0.3 is 13.1 Å². The molecule has 8 heteroatoms. The van der Waals surface area contributed by atoms with Gasteiger partial charge in [-0.2, -0.15) is 0 Å². The molecular formula is C24H29BN2O5. The maximum absolute atomic E-state index is 13.1. The molecule has 2 aromatic carbocycles. The summed E-state index contributed by atoms with van der Waals surface area (Å²) < 4.78 is 17.4. The van der Waals surface area contributed by atoms with E-state index in [-0.39, 0.29) is 24.9 Å². The average Bonchev–Trinajstić information content (AvgIpc) is 2.99. The largest absolute Gasteiger partial charge is 0.497 e. The fraction of sp³-hybridized carbons (Fsp3) is 0.417. The second-order valence-corrected chi connectivity index (χ2v) is 9.19. The molecular weight excluding hydrogens is 407 g/mol. The summed E-state index contributed by atoms with van der Waals surface area (Å²) in [7, 11) is 1.14. The molecule has 0 N–H and O–H groups in total. The number of carbonyl (C=O) groups is 2. The van der Waals surface area contributed by atoms with Gasteiger partial charge in [0.1, 0.15) is 5.75 Å². The maximum Gasteiger partial charge on any atom is 0.494 e. The summed E-state index contributed by atoms with van der Waals surface area (Å²) in [4.78, 5) is 28.5. The third kappa shape index (κ3) is 4.12. The maximum atomic E-state index is 13.1. The molecule has 4 rings (SSSR count). The smallest absolute Gasteiger partial charge is 0.494 e. The number of anilines is 1. The van der Waals surface area contributed by atoms with Gasteiger partial charge in [0.15, 0.2) is 0 Å². The first-order valence-corrected chi connectivity index (χ1v) is 10.8. The van der Waals surface area contributed by atoms with Crippen LogP contribution in [0.15, 0.2) is 48.5 Å². The second-order valence-electron chi connectivity index (χ2n) is 9.19. The van der Waals surface area contributed by atoms with E-state index in [1.54, 1.807) is 12.0 Å². The number of urea groups is 1. The van der Waals surface area contributed by atoms with Crippen LogP contribution in [0, 0.1) is 0 Å². The molecule has 2 heterocycles. The molecule has 2 aliphatic heterocycles. The lowest BCUT2D eigenvalue weighted by molar-refractivity contribution is -0.129. The van der Waals surface area contributed by atoms with Crippen molar-refractivity contribution in [1.82, 2.24) is 4.90 Å². The SMILES string of the molecule is COc1ccc(CN2C(=O)CCN(c3ccc(B4OC(C)(C)C(C)(C)O4)cc3)C2=O)cc1. The van der Waals surface area contributed by atoms with Crippen molar-refractivity contribution in [1.29, 1.82) is 0 Å². The van der Waals surface area contributed by atoms with Crippen molar-refractivity contribution in [3.05, 3.63) is 54.1 Å². The van der Waals surface area contributed by atoms with Crippen LogP contribution in [0.2, 0.25) is 0 Å². The zero-order chi connectivity index (χ0) is 23.1. The summed E-state index contributed by atoms with van der Waals surface area (Å²) in [6.45, 7) is 8.64. The van der Waals surface area contributed by atoms with Gasteiger partial charge in [-0.3, -0.25) is 14.6 Å². The Balaban J connectivity index is 1.48. The van der Waals surface area contributed by atoms with E-state index in [1.807, 2.05) is 76.2 Å². The monoisotopic (exact) mass is 436 g/mol. The molecule has 2 saturated heterocycles. The van der Waals surface area contributed by atoms with E-state index in [0.29, 0.717) is 6.54 Å². The Morgan fingerprint density at radius 1 is 0.938 bits per heavy atom. The van der Waals surface area contributed by atoms with E-state index in [0.717, 1.165) is 22.5 Å². The van der Waals surface area contributed by atoms with Gasteiger partial charge in [-0.25, -0.2) is 4.79 Å². The van der Waals surface area contributed by atoms with Crippen molar-refractivity contribution in [2.45, 2.75) is 51.9 Å². The molecule has 2 aliphatic rings. The van der Waals surface area contributed by atoms with E-state index in [2.05, 4.69) is 0 Å². The minimum absolute atomic E-state index is 0.170. The number of carbonyl (C=O) groups excluding carboxylic acids is 2. The molecule has 168 valence electrons. The Morgan fingerprint density at radius 3 is 2.09 bits per heavy atom. The lowest BCUT2D eigenvalue weighted by Crippen LogP contribution is -2.52. The number of ether oxygens (including phenoxy) is 1. The standard InChI is InChI=1S/C24H29BN2O5/c1-23(2)24(3,4)32-25(31-23)18-8-10-19(11-9-18)26-15-14-21(28)27(22(26)29)16-17-6-12-20(30-5)13-7-17/h6-13H,14-16H2,1-5H3. The van der Waals surface area contributed by atoms with Gasteiger partial charge < -0.3 is 14.0 Å². The predicted molar refractivity (Wildman–Crippen MR) is 123 cm³/mol. The Kier molecular flexibility index (Phi) is 5.77. The van der Waals surface area contributed by atoms with Crippen LogP contribution >= 0.6 is 0 Å². The van der Waals surface area contributed by atoms with E-state index in [9.17, 15) is 9.59 Å². The lowest BCUT2D eigenvalue weighted by Gasteiger charge is -2.34. The first kappa shape index (κ1) is 22.4. The highest BCUT2D eigenvalue weighted by Gasteiger charge is 2.51. The van der Waals surface area contributed by atoms with Crippen LogP contribution in [0.25, 0.3) is 0 Å². The third-order valence-electron chi connectivity index (χ3n) is 6.54. The first-order valence-electron chi connectivity index (χ1n) is 10.8. The number of rotatable bonds is 5. The van der Waals surface area contributed by atoms with Crippen molar-refractivity contribution in [3.8, 4) is 5.75 Å². The van der Waals surface area contributed by atoms with Gasteiger partial charge in [0, 0.05) is 18.7 Å². The number of methoxy groups -OCH3 is 1. The highest BCUT2D eigenvalue weighted by molar-refractivity contribution is 6.62. The molecule has 2 aromatic rings. The first-order chi connectivity index (χ1) is 15.1. The number of benzene rings is 2. The molecule has 32 heavy (non-hydrogen) atoms. The number of hydrogen-bond acceptors (Lipinski definition) is 5. The quantitative estimate of drug-likeness (QED) is 0.673. The van der Waals surface area contributed by atoms with Crippen molar-refractivity contribution in [3.63, 3.8) is 0 Å². The van der Waals surface area contributed by atoms with Crippen LogP contribution in [-0.4, -0.2) is 48.8 Å². The molecule has 0 atom stereocenters. The number of imide groups is 1. The second kappa shape index (κ2) is 8.26. The van der Waals surface area contributed by atoms with Crippen molar-refractivity contribution in [2.24, 2.45) is 0 Å². The summed E-state index contributed by atoms with van der Waals surface area (Å²) in [5.41, 5.74) is 1.67. The van der Waals surface area contributed by atoms with Gasteiger partial charge in [0.25, 0.3) is 0 Å². The summed E-state index contributed by atoms with van der Waals surface area (Å²) in [5.74, 6) is 0.560. The fourth-order valence-corrected chi connectivity index (χ4v) is 3.79. The van der Waals surface area contributed by atoms with Crippen LogP contribution in [0.1, 0.15) is 39.7 Å². The van der Waals surface area contributed by atoms with Crippen LogP contribution in [0.5, 0.6) is 5.75 Å². The molecule has 3 amide bonds. The van der Waals surface area contributed by atoms with Gasteiger partial charge in [-0.1, -0.05) is 24.3 Å². The molecule has 0 saturated carbocycles. The zero-order valence-electron chi connectivity index (χ0n) is 19.3. The van der Waals surface area contributed by atoms with Gasteiger partial charge in [0.05, 0.1) is 24.9 Å². The molecule has 0 aromatic heterocycles. The lowest BCUT2D eigenvalue weighted by atomic mass is 9.79. The predicted octanol–water partition coefficient (Wildman–Crippen LogP) is 3.35. The zero-order valence-corrected chi connectivity index (χ0v) is 19.3. The van der Waals surface area contributed by atoms with Crippen LogP contribution < -0.4 is 15.1 Å². The molecule has 0 unspecified atom stereocenters. The van der Waals surface area contributed by atoms with E-state index in [4.69, 9.17) is 14.0 Å². The number of hydrogen-bond donors (Lipinski definition) is 0. The van der Waals surface area contributed by atoms with E-state index < -0.39 is 18.3 Å². The van der Waals surface area contributed by atoms with E-state index >= 15 is 0 Å². The number of nitrogens with zero attached hydrogens (tertiary/aromatic N) is 2. The minimum Gasteiger partial charge on any atom is -0.497 e. The average molecular weight is 436 g/mol. The third-order valence-corrected chi connectivity index (χ3v) is 6.54. The summed E-state index contributed by atoms with van der Waals surface area (Å²) in [5, 5.41) is 0. The normalized spacial score (nSPS) is 20.1. The van der Waals surface area contributed by atoms with Crippen LogP contribution in [0.4, 0.5) is 10.5 Å². The van der Waals surface area contributed by atoms with Crippen molar-refractivity contribution in [2.75, 3.05) is 18.6 Å². The van der Waals surface area contributed by atoms with Crippen LogP contribution in [0.3, 0.4) is 0 Å². The molecule has 2 fully saturated rings. The summed E-state index contributed by atoms with van der Waals surface area (Å²) >= 11 is 0. The minimum atomic E-state index is -0.459. The van der Waals surface area contributed by atoms with Gasteiger partial charge in [-0.05, 0) is 63.0 Å². The summed E-state index contributed by atoms with van der Waals surface area (Å²) in [6.07, 6.45) is 0.279. The Labute approximate surface area is 189 Å². The Hall–Kier alpha value is -2.84. The molecule has 0 radical (unpaired) electrons. The van der Waals surface area contributed by atoms with Crippen molar-refractivity contribution < 1.29 is 23.6 Å². The molecule has 0 aliphatic carbocycles. The van der Waals surface area contributed by atoms with Gasteiger partial charge in [0.2, 0.25) is 5.91 Å². The molecule has 7 nitrogen and oxygen atoms in total. The highest BCUT2D eigenvalue weighted by atomic mass is 16.7. The Morgan fingerprint density at radius 2 is 1.53 bits per heavy atom. The Bertz CT molecular complexity index is 988. The van der Waals surface area contributed by atoms with Crippen LogP contribution in [-0.2, 0) is 20.6 Å². The van der Waals surface area contributed by atoms with Gasteiger partial charge in [-0.15, -0.1) is 0 Å². The van der Waals surface area contributed by atoms with Crippen molar-refractivity contribution >= 4 is 30.2 Å². The van der Waals surface area contributed by atoms with E-state index in [1.165, 1.54) is 4.90 Å². The fourth-order valence-electron chi connectivity index (χ4n) is 3.79. The summed E-state index contributed by atoms with van der Waals surface area (Å²) in [6, 6.07) is 14.6. The topological polar surface area (TPSA) is 68.3 Å². The number of amides is 3. The molecule has 0 spiro atoms. The highest BCUT2D eigenvalue weighted by Crippen LogP contribution is 2.36.